The molecule has 0 saturated heterocycles. The molecule has 4 heteroatoms. The van der Waals surface area contributed by atoms with Gasteiger partial charge in [0.15, 0.2) is 0 Å². The highest BCUT2D eigenvalue weighted by Crippen LogP contribution is 2.20. The van der Waals surface area contributed by atoms with Crippen molar-refractivity contribution in [1.29, 1.82) is 0 Å². The minimum Gasteiger partial charge on any atom is -0.550 e. The molecule has 4 nitrogen and oxygen atoms in total. The van der Waals surface area contributed by atoms with Crippen LogP contribution in [0, 0.1) is 5.92 Å². The van der Waals surface area contributed by atoms with Crippen molar-refractivity contribution in [3.8, 4) is 0 Å². The number of aliphatic carboxylic acids is 2. The first-order valence-electron chi connectivity index (χ1n) is 5.07. The van der Waals surface area contributed by atoms with Crippen LogP contribution >= 0.6 is 0 Å². The predicted octanol–water partition coefficient (Wildman–Crippen LogP) is -0.371. The standard InChI is InChI=1S/C11H18O4/c1-3-4-5-8(2)9(11(14)15)6-7-10(12)13/h9H,2-7H2,1H3,(H,12,13)(H,14,15)/p-2. The van der Waals surface area contributed by atoms with E-state index in [1.165, 1.54) is 0 Å². The highest BCUT2D eigenvalue weighted by molar-refractivity contribution is 5.72. The van der Waals surface area contributed by atoms with Gasteiger partial charge in [0.05, 0.1) is 0 Å². The average Bonchev–Trinajstić information content (AvgIpc) is 2.13. The van der Waals surface area contributed by atoms with E-state index in [-0.39, 0.29) is 12.8 Å². The largest absolute Gasteiger partial charge is 0.550 e. The Morgan fingerprint density at radius 3 is 2.27 bits per heavy atom. The van der Waals surface area contributed by atoms with E-state index in [1.54, 1.807) is 0 Å². The lowest BCUT2D eigenvalue weighted by atomic mass is 9.92. The summed E-state index contributed by atoms with van der Waals surface area (Å²) < 4.78 is 0. The maximum atomic E-state index is 10.7. The summed E-state index contributed by atoms with van der Waals surface area (Å²) in [5, 5.41) is 20.9. The summed E-state index contributed by atoms with van der Waals surface area (Å²) in [6, 6.07) is 0. The molecule has 0 aromatic carbocycles. The molecule has 0 aliphatic carbocycles. The van der Waals surface area contributed by atoms with Gasteiger partial charge in [-0.05, 0) is 25.7 Å². The van der Waals surface area contributed by atoms with Gasteiger partial charge in [0, 0.05) is 17.9 Å². The first-order chi connectivity index (χ1) is 6.99. The van der Waals surface area contributed by atoms with E-state index in [2.05, 4.69) is 6.58 Å². The Balaban J connectivity index is 4.19. The summed E-state index contributed by atoms with van der Waals surface area (Å²) in [7, 11) is 0. The zero-order valence-corrected chi connectivity index (χ0v) is 8.95. The maximum Gasteiger partial charge on any atom is 0.0485 e. The molecule has 0 aromatic heterocycles. The average molecular weight is 212 g/mol. The second-order valence-corrected chi connectivity index (χ2v) is 3.54. The van der Waals surface area contributed by atoms with Crippen LogP contribution in [0.1, 0.15) is 39.0 Å². The molecule has 0 bridgehead atoms. The second kappa shape index (κ2) is 7.04. The van der Waals surface area contributed by atoms with Crippen molar-refractivity contribution in [3.05, 3.63) is 12.2 Å². The van der Waals surface area contributed by atoms with E-state index < -0.39 is 17.9 Å². The van der Waals surface area contributed by atoms with Crippen molar-refractivity contribution < 1.29 is 19.8 Å². The van der Waals surface area contributed by atoms with Crippen molar-refractivity contribution >= 4 is 11.9 Å². The Morgan fingerprint density at radius 1 is 1.27 bits per heavy atom. The second-order valence-electron chi connectivity index (χ2n) is 3.54. The zero-order chi connectivity index (χ0) is 11.8. The Labute approximate surface area is 89.6 Å². The van der Waals surface area contributed by atoms with Gasteiger partial charge >= 0.3 is 0 Å². The molecular weight excluding hydrogens is 196 g/mol. The molecule has 0 heterocycles. The quantitative estimate of drug-likeness (QED) is 0.514. The van der Waals surface area contributed by atoms with Gasteiger partial charge in [0.25, 0.3) is 0 Å². The highest BCUT2D eigenvalue weighted by Gasteiger charge is 2.13. The fourth-order valence-electron chi connectivity index (χ4n) is 1.33. The van der Waals surface area contributed by atoms with Gasteiger partial charge in [-0.2, -0.15) is 0 Å². The molecule has 0 aliphatic heterocycles. The summed E-state index contributed by atoms with van der Waals surface area (Å²) in [6.45, 7) is 5.65. The number of unbranched alkanes of at least 4 members (excludes halogenated alkanes) is 1. The minimum absolute atomic E-state index is 0.00716. The van der Waals surface area contributed by atoms with Crippen molar-refractivity contribution in [2.75, 3.05) is 0 Å². The van der Waals surface area contributed by atoms with E-state index in [4.69, 9.17) is 0 Å². The third-order valence-corrected chi connectivity index (χ3v) is 2.27. The molecular formula is C11H16O4-2. The molecule has 0 radical (unpaired) electrons. The topological polar surface area (TPSA) is 80.3 Å². The van der Waals surface area contributed by atoms with E-state index in [0.717, 1.165) is 12.8 Å². The van der Waals surface area contributed by atoms with Crippen molar-refractivity contribution in [2.45, 2.75) is 39.0 Å². The Bertz CT molecular complexity index is 245. The fraction of sp³-hybridized carbons (Fsp3) is 0.636. The van der Waals surface area contributed by atoms with Gasteiger partial charge in [-0.1, -0.05) is 25.5 Å². The summed E-state index contributed by atoms with van der Waals surface area (Å²) in [4.78, 5) is 20.9. The summed E-state index contributed by atoms with van der Waals surface area (Å²) in [5.41, 5.74) is 0.540. The van der Waals surface area contributed by atoms with Gasteiger partial charge in [-0.15, -0.1) is 0 Å². The molecule has 15 heavy (non-hydrogen) atoms. The first-order valence-corrected chi connectivity index (χ1v) is 5.07. The Kier molecular flexibility index (Phi) is 6.42. The number of carbonyl (C=O) groups excluding carboxylic acids is 2. The third kappa shape index (κ3) is 5.88. The molecule has 1 unspecified atom stereocenters. The summed E-state index contributed by atoms with van der Waals surface area (Å²) in [6.07, 6.45) is 2.13. The number of carboxylic acids is 2. The van der Waals surface area contributed by atoms with Crippen LogP contribution in [0.4, 0.5) is 0 Å². The molecule has 0 saturated carbocycles. The van der Waals surface area contributed by atoms with Crippen molar-refractivity contribution in [3.63, 3.8) is 0 Å². The lowest BCUT2D eigenvalue weighted by molar-refractivity contribution is -0.311. The van der Waals surface area contributed by atoms with Gasteiger partial charge in [-0.3, -0.25) is 0 Å². The van der Waals surface area contributed by atoms with Crippen LogP contribution < -0.4 is 10.2 Å². The molecule has 86 valence electrons. The normalized spacial score (nSPS) is 12.1. The number of carbonyl (C=O) groups is 2. The molecule has 0 fully saturated rings. The highest BCUT2D eigenvalue weighted by atomic mass is 16.4. The van der Waals surface area contributed by atoms with Gasteiger partial charge < -0.3 is 19.8 Å². The van der Waals surface area contributed by atoms with E-state index in [9.17, 15) is 19.8 Å². The van der Waals surface area contributed by atoms with Crippen LogP contribution in [0.15, 0.2) is 12.2 Å². The van der Waals surface area contributed by atoms with Crippen LogP contribution in [0.3, 0.4) is 0 Å². The Hall–Kier alpha value is -1.32. The van der Waals surface area contributed by atoms with Gasteiger partial charge in [0.2, 0.25) is 0 Å². The molecule has 0 N–H and O–H groups in total. The number of carboxylic acid groups (broad SMARTS) is 2. The van der Waals surface area contributed by atoms with Crippen LogP contribution in [0.2, 0.25) is 0 Å². The van der Waals surface area contributed by atoms with Crippen LogP contribution in [0.5, 0.6) is 0 Å². The Morgan fingerprint density at radius 2 is 1.87 bits per heavy atom. The smallest absolute Gasteiger partial charge is 0.0485 e. The summed E-state index contributed by atoms with van der Waals surface area (Å²) in [5.74, 6) is -3.36. The number of hydrogen-bond acceptors (Lipinski definition) is 4. The van der Waals surface area contributed by atoms with E-state index in [0.29, 0.717) is 12.0 Å². The monoisotopic (exact) mass is 212 g/mol. The van der Waals surface area contributed by atoms with Crippen LogP contribution in [-0.2, 0) is 9.59 Å². The van der Waals surface area contributed by atoms with Crippen molar-refractivity contribution in [2.24, 2.45) is 5.92 Å². The summed E-state index contributed by atoms with van der Waals surface area (Å²) >= 11 is 0. The molecule has 0 rings (SSSR count). The molecule has 0 aromatic rings. The number of hydrogen-bond donors (Lipinski definition) is 0. The zero-order valence-electron chi connectivity index (χ0n) is 8.95. The lowest BCUT2D eigenvalue weighted by Crippen LogP contribution is -2.34. The molecule has 0 spiro atoms. The van der Waals surface area contributed by atoms with E-state index >= 15 is 0 Å². The fourth-order valence-corrected chi connectivity index (χ4v) is 1.33. The minimum atomic E-state index is -1.25. The van der Waals surface area contributed by atoms with E-state index in [1.807, 2.05) is 6.92 Å². The number of rotatable bonds is 8. The van der Waals surface area contributed by atoms with Crippen LogP contribution in [-0.4, -0.2) is 11.9 Å². The lowest BCUT2D eigenvalue weighted by Gasteiger charge is -2.20. The van der Waals surface area contributed by atoms with Crippen LogP contribution in [0.25, 0.3) is 0 Å². The predicted molar refractivity (Wildman–Crippen MR) is 51.4 cm³/mol. The molecule has 1 atom stereocenters. The van der Waals surface area contributed by atoms with Crippen molar-refractivity contribution in [1.82, 2.24) is 0 Å². The third-order valence-electron chi connectivity index (χ3n) is 2.27. The SMILES string of the molecule is C=C(CCCC)C(CCC(=O)[O-])C(=O)[O-]. The molecule has 0 aliphatic rings. The van der Waals surface area contributed by atoms with Gasteiger partial charge in [0.1, 0.15) is 0 Å². The van der Waals surface area contributed by atoms with Gasteiger partial charge in [-0.25, -0.2) is 0 Å². The first kappa shape index (κ1) is 13.7. The maximum absolute atomic E-state index is 10.7. The molecule has 0 amide bonds.